The molecule has 0 aliphatic heterocycles. The molecule has 3 aromatic rings. The summed E-state index contributed by atoms with van der Waals surface area (Å²) >= 11 is 0. The highest BCUT2D eigenvalue weighted by Crippen LogP contribution is 2.31. The number of carbonyl (C=O) groups excluding carboxylic acids is 1. The molecule has 0 aliphatic rings. The predicted octanol–water partition coefficient (Wildman–Crippen LogP) is 4.54. The highest BCUT2D eigenvalue weighted by atomic mass is 19.1. The summed E-state index contributed by atoms with van der Waals surface area (Å²) in [5.41, 5.74) is 1.59. The molecule has 7 heteroatoms. The summed E-state index contributed by atoms with van der Waals surface area (Å²) < 4.78 is 28.7. The van der Waals surface area contributed by atoms with Crippen LogP contribution in [0.4, 0.5) is 14.5 Å². The van der Waals surface area contributed by atoms with E-state index in [1.807, 2.05) is 13.8 Å². The Bertz CT molecular complexity index is 992. The van der Waals surface area contributed by atoms with Gasteiger partial charge in [0, 0.05) is 11.9 Å². The van der Waals surface area contributed by atoms with Crippen molar-refractivity contribution in [3.63, 3.8) is 0 Å². The lowest BCUT2D eigenvalue weighted by atomic mass is 9.99. The fraction of sp³-hybridized carbons (Fsp3) is 0.200. The average molecular weight is 371 g/mol. The number of halogens is 2. The molecule has 140 valence electrons. The molecule has 0 bridgehead atoms. The number of rotatable bonds is 4. The summed E-state index contributed by atoms with van der Waals surface area (Å²) in [7, 11) is 0. The fourth-order valence-electron chi connectivity index (χ4n) is 2.77. The molecule has 2 N–H and O–H groups in total. The standard InChI is InChI=1S/C20H19F2N3O2/c1-11(2)13-10-17(12(3)9-18(13)26)23-20(27)16-7-8-25(24-16)19-14(21)5-4-6-15(19)22/h4-11,26H,1-3H3,(H,23,27). The first kappa shape index (κ1) is 18.6. The van der Waals surface area contributed by atoms with Crippen LogP contribution in [-0.2, 0) is 0 Å². The first-order chi connectivity index (χ1) is 12.8. The summed E-state index contributed by atoms with van der Waals surface area (Å²) in [5, 5.41) is 16.7. The molecular formula is C20H19F2N3O2. The van der Waals surface area contributed by atoms with Crippen molar-refractivity contribution in [2.75, 3.05) is 5.32 Å². The lowest BCUT2D eigenvalue weighted by Crippen LogP contribution is -2.14. The first-order valence-electron chi connectivity index (χ1n) is 8.43. The van der Waals surface area contributed by atoms with Crippen LogP contribution < -0.4 is 5.32 Å². The van der Waals surface area contributed by atoms with Gasteiger partial charge in [0.05, 0.1) is 0 Å². The lowest BCUT2D eigenvalue weighted by Gasteiger charge is -2.14. The van der Waals surface area contributed by atoms with Gasteiger partial charge in [0.15, 0.2) is 17.3 Å². The molecule has 2 aromatic carbocycles. The van der Waals surface area contributed by atoms with Gasteiger partial charge in [-0.3, -0.25) is 4.79 Å². The number of nitrogens with zero attached hydrogens (tertiary/aromatic N) is 2. The van der Waals surface area contributed by atoms with Crippen LogP contribution in [0, 0.1) is 18.6 Å². The van der Waals surface area contributed by atoms with Crippen molar-refractivity contribution in [2.45, 2.75) is 26.7 Å². The molecule has 0 fully saturated rings. The Morgan fingerprint density at radius 3 is 2.48 bits per heavy atom. The van der Waals surface area contributed by atoms with E-state index in [0.29, 0.717) is 16.8 Å². The van der Waals surface area contributed by atoms with Gasteiger partial charge in [-0.15, -0.1) is 0 Å². The molecule has 0 saturated heterocycles. The van der Waals surface area contributed by atoms with Gasteiger partial charge in [-0.25, -0.2) is 13.5 Å². The van der Waals surface area contributed by atoms with Gasteiger partial charge in [-0.1, -0.05) is 19.9 Å². The molecule has 0 spiro atoms. The zero-order valence-corrected chi connectivity index (χ0v) is 15.1. The van der Waals surface area contributed by atoms with E-state index in [0.717, 1.165) is 16.8 Å². The van der Waals surface area contributed by atoms with Crippen molar-refractivity contribution in [1.29, 1.82) is 0 Å². The Hall–Kier alpha value is -3.22. The Kier molecular flexibility index (Phi) is 4.94. The number of aromatic hydroxyl groups is 1. The van der Waals surface area contributed by atoms with Crippen LogP contribution in [0.1, 0.15) is 41.4 Å². The molecule has 0 unspecified atom stereocenters. The average Bonchev–Trinajstić information content (AvgIpc) is 3.06. The summed E-state index contributed by atoms with van der Waals surface area (Å²) in [5.74, 6) is -1.83. The van der Waals surface area contributed by atoms with E-state index < -0.39 is 17.5 Å². The van der Waals surface area contributed by atoms with Crippen molar-refractivity contribution < 1.29 is 18.7 Å². The maximum Gasteiger partial charge on any atom is 0.276 e. The van der Waals surface area contributed by atoms with E-state index in [4.69, 9.17) is 0 Å². The molecule has 0 aliphatic carbocycles. The minimum Gasteiger partial charge on any atom is -0.508 e. The minimum atomic E-state index is -0.777. The maximum atomic E-state index is 13.9. The number of carbonyl (C=O) groups is 1. The monoisotopic (exact) mass is 371 g/mol. The minimum absolute atomic E-state index is 0.0104. The van der Waals surface area contributed by atoms with E-state index >= 15 is 0 Å². The molecule has 0 atom stereocenters. The normalized spacial score (nSPS) is 11.0. The highest BCUT2D eigenvalue weighted by Gasteiger charge is 2.17. The van der Waals surface area contributed by atoms with E-state index in [2.05, 4.69) is 10.4 Å². The SMILES string of the molecule is Cc1cc(O)c(C(C)C)cc1NC(=O)c1ccn(-c2c(F)cccc2F)n1. The summed E-state index contributed by atoms with van der Waals surface area (Å²) in [6.45, 7) is 5.62. The zero-order valence-electron chi connectivity index (χ0n) is 15.1. The number of benzene rings is 2. The van der Waals surface area contributed by atoms with Gasteiger partial charge in [0.25, 0.3) is 5.91 Å². The number of hydrogen-bond acceptors (Lipinski definition) is 3. The van der Waals surface area contributed by atoms with Crippen molar-refractivity contribution in [1.82, 2.24) is 9.78 Å². The Morgan fingerprint density at radius 1 is 1.19 bits per heavy atom. The number of phenols is 1. The molecule has 1 aromatic heterocycles. The quantitative estimate of drug-likeness (QED) is 0.662. The number of phenolic OH excluding ortho intramolecular Hbond substituents is 1. The van der Waals surface area contributed by atoms with Gasteiger partial charge in [0.2, 0.25) is 0 Å². The van der Waals surface area contributed by atoms with Crippen molar-refractivity contribution in [3.05, 3.63) is 71.1 Å². The molecule has 1 amide bonds. The summed E-state index contributed by atoms with van der Waals surface area (Å²) in [4.78, 5) is 12.5. The van der Waals surface area contributed by atoms with Crippen molar-refractivity contribution in [2.24, 2.45) is 0 Å². The topological polar surface area (TPSA) is 67.2 Å². The Balaban J connectivity index is 1.89. The van der Waals surface area contributed by atoms with Crippen LogP contribution in [0.3, 0.4) is 0 Å². The molecule has 27 heavy (non-hydrogen) atoms. The van der Waals surface area contributed by atoms with Gasteiger partial charge in [0.1, 0.15) is 11.4 Å². The highest BCUT2D eigenvalue weighted by molar-refractivity contribution is 6.03. The lowest BCUT2D eigenvalue weighted by molar-refractivity contribution is 0.102. The second kappa shape index (κ2) is 7.19. The zero-order chi connectivity index (χ0) is 19.7. The van der Waals surface area contributed by atoms with Crippen LogP contribution in [0.25, 0.3) is 5.69 Å². The molecule has 5 nitrogen and oxygen atoms in total. The second-order valence-corrected chi connectivity index (χ2v) is 6.55. The summed E-state index contributed by atoms with van der Waals surface area (Å²) in [6.07, 6.45) is 1.32. The number of amides is 1. The molecule has 0 radical (unpaired) electrons. The van der Waals surface area contributed by atoms with E-state index in [-0.39, 0.29) is 23.0 Å². The van der Waals surface area contributed by atoms with Crippen LogP contribution >= 0.6 is 0 Å². The third kappa shape index (κ3) is 3.67. The predicted molar refractivity (Wildman–Crippen MR) is 98.4 cm³/mol. The van der Waals surface area contributed by atoms with E-state index in [1.54, 1.807) is 19.1 Å². The third-order valence-corrected chi connectivity index (χ3v) is 4.23. The van der Waals surface area contributed by atoms with Crippen LogP contribution in [0.15, 0.2) is 42.6 Å². The maximum absolute atomic E-state index is 13.9. The number of aryl methyl sites for hydroxylation is 1. The van der Waals surface area contributed by atoms with Gasteiger partial charge >= 0.3 is 0 Å². The number of aromatic nitrogens is 2. The largest absolute Gasteiger partial charge is 0.508 e. The number of hydrogen-bond donors (Lipinski definition) is 2. The van der Waals surface area contributed by atoms with Gasteiger partial charge < -0.3 is 10.4 Å². The van der Waals surface area contributed by atoms with Crippen molar-refractivity contribution >= 4 is 11.6 Å². The van der Waals surface area contributed by atoms with Crippen molar-refractivity contribution in [3.8, 4) is 11.4 Å². The van der Waals surface area contributed by atoms with Crippen LogP contribution in [0.2, 0.25) is 0 Å². The molecule has 0 saturated carbocycles. The fourth-order valence-corrected chi connectivity index (χ4v) is 2.77. The van der Waals surface area contributed by atoms with E-state index in [1.165, 1.54) is 18.3 Å². The first-order valence-corrected chi connectivity index (χ1v) is 8.43. The Morgan fingerprint density at radius 2 is 1.85 bits per heavy atom. The molecule has 3 rings (SSSR count). The van der Waals surface area contributed by atoms with Crippen LogP contribution in [0.5, 0.6) is 5.75 Å². The number of nitrogens with one attached hydrogen (secondary N) is 1. The number of para-hydroxylation sites is 1. The summed E-state index contributed by atoms with van der Waals surface area (Å²) in [6, 6.07) is 8.16. The smallest absolute Gasteiger partial charge is 0.276 e. The van der Waals surface area contributed by atoms with Gasteiger partial charge in [-0.2, -0.15) is 5.10 Å². The molecular weight excluding hydrogens is 352 g/mol. The number of anilines is 1. The van der Waals surface area contributed by atoms with Crippen LogP contribution in [-0.4, -0.2) is 20.8 Å². The Labute approximate surface area is 155 Å². The molecule has 1 heterocycles. The van der Waals surface area contributed by atoms with Gasteiger partial charge in [-0.05, 0) is 54.3 Å². The van der Waals surface area contributed by atoms with E-state index in [9.17, 15) is 18.7 Å². The second-order valence-electron chi connectivity index (χ2n) is 6.55. The third-order valence-electron chi connectivity index (χ3n) is 4.23.